The minimum Gasteiger partial charge on any atom is -0.359 e. The van der Waals surface area contributed by atoms with Crippen LogP contribution in [0.2, 0.25) is 0 Å². The van der Waals surface area contributed by atoms with E-state index in [2.05, 4.69) is 5.32 Å². The van der Waals surface area contributed by atoms with Crippen molar-refractivity contribution in [2.24, 2.45) is 5.92 Å². The molecule has 1 rings (SSSR count). The number of rotatable bonds is 5. The molecule has 4 nitrogen and oxygen atoms in total. The first-order valence-electron chi connectivity index (χ1n) is 6.06. The molecule has 0 aliphatic heterocycles. The number of hydrogen-bond donors (Lipinski definition) is 1. The number of nitriles is 1. The molecule has 0 heterocycles. The zero-order chi connectivity index (χ0) is 14.4. The van der Waals surface area contributed by atoms with E-state index in [4.69, 9.17) is 5.26 Å². The molecule has 19 heavy (non-hydrogen) atoms. The standard InChI is InChI=1S/C14H18FN3O/c1-10(14(19)17-2)8-18(3)9-12-4-11(7-16)5-13(15)6-12/h4-6,10H,8-9H2,1-3H3,(H,17,19). The van der Waals surface area contributed by atoms with Gasteiger partial charge in [0.2, 0.25) is 5.91 Å². The number of nitrogens with one attached hydrogen (secondary N) is 1. The highest BCUT2D eigenvalue weighted by molar-refractivity contribution is 5.78. The van der Waals surface area contributed by atoms with Gasteiger partial charge < -0.3 is 10.2 Å². The van der Waals surface area contributed by atoms with Gasteiger partial charge in [-0.1, -0.05) is 6.92 Å². The maximum Gasteiger partial charge on any atom is 0.223 e. The Kier molecular flexibility index (Phi) is 5.46. The Bertz CT molecular complexity index is 496. The summed E-state index contributed by atoms with van der Waals surface area (Å²) in [5, 5.41) is 11.4. The van der Waals surface area contributed by atoms with Gasteiger partial charge in [0.1, 0.15) is 5.82 Å². The minimum atomic E-state index is -0.415. The van der Waals surface area contributed by atoms with Gasteiger partial charge in [-0.05, 0) is 30.8 Å². The fourth-order valence-electron chi connectivity index (χ4n) is 1.98. The molecular formula is C14H18FN3O. The van der Waals surface area contributed by atoms with Crippen LogP contribution in [0.25, 0.3) is 0 Å². The molecular weight excluding hydrogens is 245 g/mol. The Balaban J connectivity index is 2.67. The van der Waals surface area contributed by atoms with Crippen molar-refractivity contribution in [3.05, 3.63) is 35.1 Å². The van der Waals surface area contributed by atoms with Crippen LogP contribution >= 0.6 is 0 Å². The summed E-state index contributed by atoms with van der Waals surface area (Å²) >= 11 is 0. The van der Waals surface area contributed by atoms with Crippen molar-refractivity contribution in [1.29, 1.82) is 5.26 Å². The van der Waals surface area contributed by atoms with Crippen LogP contribution in [0.4, 0.5) is 4.39 Å². The van der Waals surface area contributed by atoms with Crippen LogP contribution in [-0.2, 0) is 11.3 Å². The molecule has 0 aromatic heterocycles. The van der Waals surface area contributed by atoms with E-state index in [1.54, 1.807) is 13.1 Å². The zero-order valence-corrected chi connectivity index (χ0v) is 11.4. The van der Waals surface area contributed by atoms with Crippen LogP contribution in [-0.4, -0.2) is 31.4 Å². The molecule has 1 amide bonds. The van der Waals surface area contributed by atoms with Crippen molar-refractivity contribution in [3.8, 4) is 6.07 Å². The first-order valence-corrected chi connectivity index (χ1v) is 6.06. The Labute approximate surface area is 112 Å². The van der Waals surface area contributed by atoms with E-state index >= 15 is 0 Å². The number of carbonyl (C=O) groups is 1. The Morgan fingerprint density at radius 3 is 2.79 bits per heavy atom. The molecule has 0 spiro atoms. The molecule has 0 radical (unpaired) electrons. The van der Waals surface area contributed by atoms with E-state index < -0.39 is 5.82 Å². The average molecular weight is 263 g/mol. The molecule has 0 fully saturated rings. The van der Waals surface area contributed by atoms with Crippen molar-refractivity contribution in [2.45, 2.75) is 13.5 Å². The van der Waals surface area contributed by atoms with Gasteiger partial charge in [0.05, 0.1) is 11.6 Å². The van der Waals surface area contributed by atoms with Gasteiger partial charge >= 0.3 is 0 Å². The van der Waals surface area contributed by atoms with E-state index in [0.717, 1.165) is 5.56 Å². The smallest absolute Gasteiger partial charge is 0.223 e. The summed E-state index contributed by atoms with van der Waals surface area (Å²) in [5.41, 5.74) is 1.03. The molecule has 1 aromatic rings. The highest BCUT2D eigenvalue weighted by Crippen LogP contribution is 2.11. The molecule has 0 saturated carbocycles. The van der Waals surface area contributed by atoms with Gasteiger partial charge in [-0.25, -0.2) is 4.39 Å². The van der Waals surface area contributed by atoms with Crippen LogP contribution < -0.4 is 5.32 Å². The summed E-state index contributed by atoms with van der Waals surface area (Å²) in [5.74, 6) is -0.579. The lowest BCUT2D eigenvalue weighted by Crippen LogP contribution is -2.34. The molecule has 5 heteroatoms. The highest BCUT2D eigenvalue weighted by atomic mass is 19.1. The van der Waals surface area contributed by atoms with Crippen LogP contribution in [0.1, 0.15) is 18.1 Å². The lowest BCUT2D eigenvalue weighted by atomic mass is 10.1. The second-order valence-corrected chi connectivity index (χ2v) is 4.67. The van der Waals surface area contributed by atoms with Gasteiger partial charge in [0, 0.05) is 26.1 Å². The van der Waals surface area contributed by atoms with Gasteiger partial charge in [0.15, 0.2) is 0 Å². The molecule has 1 aromatic carbocycles. The van der Waals surface area contributed by atoms with Crippen LogP contribution in [0.3, 0.4) is 0 Å². The third kappa shape index (κ3) is 4.68. The summed E-state index contributed by atoms with van der Waals surface area (Å²) in [7, 11) is 3.46. The predicted octanol–water partition coefficient (Wildman–Crippen LogP) is 1.51. The van der Waals surface area contributed by atoms with E-state index in [9.17, 15) is 9.18 Å². The topological polar surface area (TPSA) is 56.1 Å². The van der Waals surface area contributed by atoms with Crippen LogP contribution in [0.15, 0.2) is 18.2 Å². The largest absolute Gasteiger partial charge is 0.359 e. The first kappa shape index (κ1) is 15.1. The number of benzene rings is 1. The first-order chi connectivity index (χ1) is 8.96. The molecule has 0 bridgehead atoms. The second kappa shape index (κ2) is 6.86. The Hall–Kier alpha value is -1.93. The quantitative estimate of drug-likeness (QED) is 0.876. The highest BCUT2D eigenvalue weighted by Gasteiger charge is 2.14. The number of amides is 1. The van der Waals surface area contributed by atoms with Crippen LogP contribution in [0.5, 0.6) is 0 Å². The van der Waals surface area contributed by atoms with E-state index in [1.165, 1.54) is 12.1 Å². The second-order valence-electron chi connectivity index (χ2n) is 4.67. The maximum atomic E-state index is 13.3. The Morgan fingerprint density at radius 2 is 2.21 bits per heavy atom. The lowest BCUT2D eigenvalue weighted by molar-refractivity contribution is -0.124. The summed E-state index contributed by atoms with van der Waals surface area (Å²) < 4.78 is 13.3. The SMILES string of the molecule is CNC(=O)C(C)CN(C)Cc1cc(F)cc(C#N)c1. The summed E-state index contributed by atoms with van der Waals surface area (Å²) in [4.78, 5) is 13.3. The normalized spacial score (nSPS) is 12.0. The van der Waals surface area contributed by atoms with Crippen molar-refractivity contribution in [2.75, 3.05) is 20.6 Å². The summed E-state index contributed by atoms with van der Waals surface area (Å²) in [6.45, 7) is 2.90. The minimum absolute atomic E-state index is 0.0243. The molecule has 0 saturated heterocycles. The van der Waals surface area contributed by atoms with Gasteiger partial charge in [-0.15, -0.1) is 0 Å². The average Bonchev–Trinajstić information content (AvgIpc) is 2.36. The van der Waals surface area contributed by atoms with E-state index in [0.29, 0.717) is 18.7 Å². The van der Waals surface area contributed by atoms with Crippen molar-refractivity contribution in [1.82, 2.24) is 10.2 Å². The number of hydrogen-bond acceptors (Lipinski definition) is 3. The van der Waals surface area contributed by atoms with Gasteiger partial charge in [-0.3, -0.25) is 4.79 Å². The zero-order valence-electron chi connectivity index (χ0n) is 11.4. The third-order valence-corrected chi connectivity index (χ3v) is 2.82. The third-order valence-electron chi connectivity index (χ3n) is 2.82. The fourth-order valence-corrected chi connectivity index (χ4v) is 1.98. The molecule has 0 aliphatic carbocycles. The summed E-state index contributed by atoms with van der Waals surface area (Å²) in [6.07, 6.45) is 0. The molecule has 1 N–H and O–H groups in total. The predicted molar refractivity (Wildman–Crippen MR) is 70.7 cm³/mol. The van der Waals surface area contributed by atoms with Crippen LogP contribution in [0, 0.1) is 23.1 Å². The molecule has 102 valence electrons. The monoisotopic (exact) mass is 263 g/mol. The summed E-state index contributed by atoms with van der Waals surface area (Å²) in [6, 6.07) is 6.19. The van der Waals surface area contributed by atoms with Crippen molar-refractivity contribution < 1.29 is 9.18 Å². The number of carbonyl (C=O) groups excluding carboxylic acids is 1. The Morgan fingerprint density at radius 1 is 1.53 bits per heavy atom. The van der Waals surface area contributed by atoms with Gasteiger partial charge in [0.25, 0.3) is 0 Å². The van der Waals surface area contributed by atoms with Gasteiger partial charge in [-0.2, -0.15) is 5.26 Å². The fraction of sp³-hybridized carbons (Fsp3) is 0.429. The lowest BCUT2D eigenvalue weighted by Gasteiger charge is -2.20. The maximum absolute atomic E-state index is 13.3. The molecule has 0 aliphatic rings. The van der Waals surface area contributed by atoms with E-state index in [1.807, 2.05) is 24.9 Å². The number of nitrogens with zero attached hydrogens (tertiary/aromatic N) is 2. The molecule has 1 atom stereocenters. The van der Waals surface area contributed by atoms with E-state index in [-0.39, 0.29) is 11.8 Å². The molecule has 1 unspecified atom stereocenters. The van der Waals surface area contributed by atoms with Crippen molar-refractivity contribution in [3.63, 3.8) is 0 Å². The number of halogens is 1. The van der Waals surface area contributed by atoms with Crippen molar-refractivity contribution >= 4 is 5.91 Å².